The van der Waals surface area contributed by atoms with E-state index in [1.807, 2.05) is 41.2 Å². The van der Waals surface area contributed by atoms with Gasteiger partial charge in [0, 0.05) is 18.8 Å². The highest BCUT2D eigenvalue weighted by Gasteiger charge is 2.42. The molecule has 286 valence electrons. The second-order valence-electron chi connectivity index (χ2n) is 16.7. The summed E-state index contributed by atoms with van der Waals surface area (Å²) >= 11 is 0. The van der Waals surface area contributed by atoms with Crippen LogP contribution in [0, 0.1) is 58.2 Å². The monoisotopic (exact) mass is 732 g/mol. The normalized spacial score (nSPS) is 24.5. The molecular formula is C44H56N6O4. The van der Waals surface area contributed by atoms with E-state index in [0.29, 0.717) is 47.2 Å². The number of rotatable bonds is 11. The summed E-state index contributed by atoms with van der Waals surface area (Å²) in [5.74, 6) is 2.64. The van der Waals surface area contributed by atoms with E-state index in [0.717, 1.165) is 65.9 Å². The van der Waals surface area contributed by atoms with Gasteiger partial charge in [0.05, 0.1) is 45.3 Å². The molecule has 10 heteroatoms. The quantitative estimate of drug-likeness (QED) is 0.140. The second-order valence-corrected chi connectivity index (χ2v) is 16.7. The summed E-state index contributed by atoms with van der Waals surface area (Å²) in [6.45, 7) is 17.3. The summed E-state index contributed by atoms with van der Waals surface area (Å²) in [7, 11) is 0. The Hall–Kier alpha value is -4.70. The minimum Gasteiger partial charge on any atom is -0.461 e. The molecule has 4 aromatic rings. The number of ether oxygens (including phenoxy) is 2. The largest absolute Gasteiger partial charge is 0.461 e. The van der Waals surface area contributed by atoms with Crippen LogP contribution in [0.3, 0.4) is 0 Å². The molecule has 0 saturated heterocycles. The van der Waals surface area contributed by atoms with Crippen LogP contribution in [0.2, 0.25) is 0 Å². The molecule has 2 fully saturated rings. The molecule has 6 rings (SSSR count). The molecule has 2 aromatic carbocycles. The van der Waals surface area contributed by atoms with Crippen LogP contribution in [0.4, 0.5) is 0 Å². The van der Waals surface area contributed by atoms with Gasteiger partial charge in [-0.1, -0.05) is 61.8 Å². The Balaban J connectivity index is 1.30. The van der Waals surface area contributed by atoms with E-state index in [4.69, 9.17) is 19.4 Å². The fraction of sp³-hybridized carbons (Fsp3) is 0.591. The van der Waals surface area contributed by atoms with Crippen molar-refractivity contribution in [3.8, 4) is 12.1 Å². The van der Waals surface area contributed by atoms with E-state index in [9.17, 15) is 20.1 Å². The third-order valence-corrected chi connectivity index (χ3v) is 12.1. The predicted molar refractivity (Wildman–Crippen MR) is 208 cm³/mol. The van der Waals surface area contributed by atoms with E-state index >= 15 is 0 Å². The van der Waals surface area contributed by atoms with E-state index < -0.39 is 0 Å². The molecule has 0 radical (unpaired) electrons. The average Bonchev–Trinajstić information content (AvgIpc) is 3.66. The van der Waals surface area contributed by atoms with Gasteiger partial charge in [-0.25, -0.2) is 9.97 Å². The first-order valence-corrected chi connectivity index (χ1v) is 20.1. The van der Waals surface area contributed by atoms with Gasteiger partial charge in [-0.2, -0.15) is 10.5 Å². The number of hydrogen-bond donors (Lipinski definition) is 0. The Morgan fingerprint density at radius 1 is 0.778 bits per heavy atom. The van der Waals surface area contributed by atoms with Crippen LogP contribution in [-0.4, -0.2) is 43.2 Å². The Bertz CT molecular complexity index is 2100. The summed E-state index contributed by atoms with van der Waals surface area (Å²) in [4.78, 5) is 37.4. The maximum atomic E-state index is 13.8. The number of aryl methyl sites for hydroxylation is 2. The number of imidazole rings is 2. The summed E-state index contributed by atoms with van der Waals surface area (Å²) in [5, 5.41) is 19.7. The zero-order valence-electron chi connectivity index (χ0n) is 33.3. The molecule has 0 bridgehead atoms. The van der Waals surface area contributed by atoms with Crippen molar-refractivity contribution >= 4 is 34.0 Å². The number of nitriles is 2. The maximum absolute atomic E-state index is 13.8. The van der Waals surface area contributed by atoms with Gasteiger partial charge in [0.15, 0.2) is 0 Å². The SMILES string of the molecule is CCc1nc2cc(C#N)ccc2n1CC(=O)O[C@@H]1CC(C)CC(c2cc(C#N)cc3c2nc(CC)n3CC(=O)O[C@@H]2C[C@H](C)CCC2C(C)C)[C@H]1C(C)C. The number of hydrogen-bond acceptors (Lipinski definition) is 8. The number of nitrogens with zero attached hydrogens (tertiary/aromatic N) is 6. The third kappa shape index (κ3) is 7.90. The Morgan fingerprint density at radius 3 is 2.04 bits per heavy atom. The van der Waals surface area contributed by atoms with Crippen LogP contribution in [0.1, 0.15) is 122 Å². The summed E-state index contributed by atoms with van der Waals surface area (Å²) < 4.78 is 16.5. The van der Waals surface area contributed by atoms with Crippen molar-refractivity contribution in [2.75, 3.05) is 0 Å². The first-order valence-electron chi connectivity index (χ1n) is 20.1. The van der Waals surface area contributed by atoms with Crippen LogP contribution in [-0.2, 0) is 45.0 Å². The van der Waals surface area contributed by atoms with Crippen LogP contribution in [0.5, 0.6) is 0 Å². The summed E-state index contributed by atoms with van der Waals surface area (Å²) in [6.07, 6.45) is 5.52. The molecule has 7 atom stereocenters. The average molecular weight is 733 g/mol. The van der Waals surface area contributed by atoms with Crippen LogP contribution < -0.4 is 0 Å². The summed E-state index contributed by atoms with van der Waals surface area (Å²) in [5.41, 5.74) is 5.07. The molecule has 0 aliphatic heterocycles. The zero-order valence-corrected chi connectivity index (χ0v) is 33.3. The topological polar surface area (TPSA) is 136 Å². The van der Waals surface area contributed by atoms with Gasteiger partial charge < -0.3 is 18.6 Å². The lowest BCUT2D eigenvalue weighted by Gasteiger charge is -2.43. The highest BCUT2D eigenvalue weighted by atomic mass is 16.5. The van der Waals surface area contributed by atoms with E-state index in [-0.39, 0.29) is 60.9 Å². The van der Waals surface area contributed by atoms with E-state index in [1.54, 1.807) is 12.1 Å². The fourth-order valence-corrected chi connectivity index (χ4v) is 9.56. The highest BCUT2D eigenvalue weighted by Crippen LogP contribution is 2.47. The van der Waals surface area contributed by atoms with Gasteiger partial charge in [0.25, 0.3) is 0 Å². The Labute approximate surface area is 319 Å². The van der Waals surface area contributed by atoms with Gasteiger partial charge in [0.1, 0.15) is 36.9 Å². The first kappa shape index (κ1) is 39.0. The van der Waals surface area contributed by atoms with Gasteiger partial charge in [-0.15, -0.1) is 0 Å². The highest BCUT2D eigenvalue weighted by molar-refractivity contribution is 5.84. The molecule has 54 heavy (non-hydrogen) atoms. The third-order valence-electron chi connectivity index (χ3n) is 12.1. The van der Waals surface area contributed by atoms with Crippen molar-refractivity contribution in [1.29, 1.82) is 10.5 Å². The molecule has 2 saturated carbocycles. The minimum atomic E-state index is -0.341. The zero-order chi connectivity index (χ0) is 38.8. The van der Waals surface area contributed by atoms with Gasteiger partial charge in [-0.05, 0) is 97.1 Å². The lowest BCUT2D eigenvalue weighted by Crippen LogP contribution is -2.41. The number of benzene rings is 2. The smallest absolute Gasteiger partial charge is 0.326 e. The van der Waals surface area contributed by atoms with E-state index in [1.165, 1.54) is 0 Å². The van der Waals surface area contributed by atoms with Crippen molar-refractivity contribution in [2.24, 2.45) is 35.5 Å². The van der Waals surface area contributed by atoms with Crippen molar-refractivity contribution < 1.29 is 19.1 Å². The molecule has 3 unspecified atom stereocenters. The molecule has 2 heterocycles. The second kappa shape index (κ2) is 16.3. The van der Waals surface area contributed by atoms with Gasteiger partial charge in [-0.3, -0.25) is 9.59 Å². The molecule has 2 aliphatic rings. The standard InChI is InChI=1S/C44H56N6O4/c1-9-39-47-34-19-29(21-45)12-14-35(34)49(39)23-42(52)54-38-17-28(8)15-32(43(38)26(5)6)33-18-30(22-46)20-36-44(33)48-40(10-2)50(36)24-41(51)53-37-16-27(7)11-13-31(37)25(3)4/h12,14,18-20,25-28,31-32,37-38,43H,9-11,13,15-17,23-24H2,1-8H3/t27-,28?,31?,32?,37-,38-,43-/m1/s1. The Morgan fingerprint density at radius 2 is 1.41 bits per heavy atom. The molecule has 2 aliphatic carbocycles. The molecule has 0 N–H and O–H groups in total. The maximum Gasteiger partial charge on any atom is 0.326 e. The van der Waals surface area contributed by atoms with E-state index in [2.05, 4.69) is 53.7 Å². The van der Waals surface area contributed by atoms with Crippen molar-refractivity contribution in [1.82, 2.24) is 19.1 Å². The van der Waals surface area contributed by atoms with Gasteiger partial charge >= 0.3 is 11.9 Å². The van der Waals surface area contributed by atoms with Gasteiger partial charge in [0.2, 0.25) is 0 Å². The van der Waals surface area contributed by atoms with Crippen LogP contribution >= 0.6 is 0 Å². The fourth-order valence-electron chi connectivity index (χ4n) is 9.56. The van der Waals surface area contributed by atoms with Crippen molar-refractivity contribution in [2.45, 2.75) is 132 Å². The number of carbonyl (C=O) groups is 2. The minimum absolute atomic E-state index is 0.0212. The molecule has 2 aromatic heterocycles. The number of aromatic nitrogens is 4. The molecule has 0 amide bonds. The van der Waals surface area contributed by atoms with Crippen LogP contribution in [0.15, 0.2) is 30.3 Å². The lowest BCUT2D eigenvalue weighted by molar-refractivity contribution is -0.158. The van der Waals surface area contributed by atoms with Crippen molar-refractivity contribution in [3.05, 3.63) is 58.7 Å². The molecule has 10 nitrogen and oxygen atoms in total. The number of esters is 2. The Kier molecular flexibility index (Phi) is 11.8. The predicted octanol–water partition coefficient (Wildman–Crippen LogP) is 8.66. The van der Waals surface area contributed by atoms with Crippen molar-refractivity contribution in [3.63, 3.8) is 0 Å². The first-order chi connectivity index (χ1) is 25.8. The molecular weight excluding hydrogens is 677 g/mol. The number of fused-ring (bicyclic) bond motifs is 2. The number of carbonyl (C=O) groups excluding carboxylic acids is 2. The summed E-state index contributed by atoms with van der Waals surface area (Å²) in [6, 6.07) is 13.7. The molecule has 0 spiro atoms. The lowest BCUT2D eigenvalue weighted by atomic mass is 9.65. The van der Waals surface area contributed by atoms with Crippen LogP contribution in [0.25, 0.3) is 22.1 Å².